The molecule has 2 heterocycles. The number of aryl methyl sites for hydroxylation is 1. The molecule has 5 rings (SSSR count). The predicted molar refractivity (Wildman–Crippen MR) is 174 cm³/mol. The van der Waals surface area contributed by atoms with Crippen molar-refractivity contribution in [2.24, 2.45) is 17.8 Å². The van der Waals surface area contributed by atoms with Gasteiger partial charge in [0.25, 0.3) is 5.91 Å². The van der Waals surface area contributed by atoms with E-state index in [2.05, 4.69) is 47.8 Å². The summed E-state index contributed by atoms with van der Waals surface area (Å²) < 4.78 is 33.7. The molecule has 2 aliphatic heterocycles. The van der Waals surface area contributed by atoms with E-state index in [1.165, 1.54) is 11.1 Å². The zero-order valence-electron chi connectivity index (χ0n) is 25.6. The average Bonchev–Trinajstić information content (AvgIpc) is 3.14. The second-order valence-electron chi connectivity index (χ2n) is 12.2. The smallest absolute Gasteiger partial charge is 0.263 e. The highest BCUT2D eigenvalue weighted by molar-refractivity contribution is 7.83. The van der Waals surface area contributed by atoms with Crippen molar-refractivity contribution in [3.63, 3.8) is 0 Å². The lowest BCUT2D eigenvalue weighted by atomic mass is 9.70. The molecule has 9 heteroatoms. The largest absolute Gasteiger partial charge is 0.491 e. The lowest BCUT2D eigenvalue weighted by Crippen LogP contribution is -2.45. The number of rotatable bonds is 7. The normalized spacial score (nSPS) is 28.6. The molecule has 6 atom stereocenters. The third-order valence-corrected chi connectivity index (χ3v) is 10.5. The molecular weight excluding hydrogens is 584 g/mol. The molecule has 6 unspecified atom stereocenters. The van der Waals surface area contributed by atoms with Crippen LogP contribution in [0, 0.1) is 17.8 Å². The molecule has 1 aliphatic carbocycles. The van der Waals surface area contributed by atoms with Crippen molar-refractivity contribution in [1.29, 1.82) is 0 Å². The van der Waals surface area contributed by atoms with Crippen molar-refractivity contribution in [2.75, 3.05) is 50.7 Å². The molecular formula is C34H45ClN2O5S. The second-order valence-corrected chi connectivity index (χ2v) is 13.9. The molecule has 1 amide bonds. The summed E-state index contributed by atoms with van der Waals surface area (Å²) in [6.45, 7) is 7.47. The van der Waals surface area contributed by atoms with Gasteiger partial charge < -0.3 is 19.1 Å². The van der Waals surface area contributed by atoms with Crippen LogP contribution in [-0.2, 0) is 26.9 Å². The molecule has 0 radical (unpaired) electrons. The van der Waals surface area contributed by atoms with Gasteiger partial charge in [0.15, 0.2) is 0 Å². The number of ether oxygens (including phenoxy) is 3. The minimum atomic E-state index is -1.48. The highest BCUT2D eigenvalue weighted by Gasteiger charge is 2.39. The maximum absolute atomic E-state index is 13.2. The van der Waals surface area contributed by atoms with E-state index in [0.29, 0.717) is 43.0 Å². The number of nitrogens with one attached hydrogen (secondary N) is 1. The molecule has 43 heavy (non-hydrogen) atoms. The summed E-state index contributed by atoms with van der Waals surface area (Å²) in [5.41, 5.74) is 3.93. The van der Waals surface area contributed by atoms with Crippen molar-refractivity contribution in [3.05, 3.63) is 70.3 Å². The number of nitrogens with zero attached hydrogens (tertiary/aromatic N) is 1. The second kappa shape index (κ2) is 15.1. The average molecular weight is 629 g/mol. The Balaban J connectivity index is 1.50. The first-order valence-corrected chi connectivity index (χ1v) is 17.3. The van der Waals surface area contributed by atoms with E-state index in [4.69, 9.17) is 25.8 Å². The quantitative estimate of drug-likeness (QED) is 0.286. The van der Waals surface area contributed by atoms with Crippen LogP contribution >= 0.6 is 11.6 Å². The van der Waals surface area contributed by atoms with Gasteiger partial charge in [-0.3, -0.25) is 9.52 Å². The van der Waals surface area contributed by atoms with Gasteiger partial charge >= 0.3 is 0 Å². The molecule has 3 aliphatic rings. The maximum Gasteiger partial charge on any atom is 0.263 e. The van der Waals surface area contributed by atoms with Gasteiger partial charge in [0, 0.05) is 42.5 Å². The van der Waals surface area contributed by atoms with Gasteiger partial charge in [0.2, 0.25) is 0 Å². The zero-order valence-corrected chi connectivity index (χ0v) is 27.1. The third kappa shape index (κ3) is 8.01. The summed E-state index contributed by atoms with van der Waals surface area (Å²) in [7, 11) is 0.217. The number of fused-ring (bicyclic) bond motifs is 2. The Morgan fingerprint density at radius 1 is 1.14 bits per heavy atom. The van der Waals surface area contributed by atoms with Gasteiger partial charge in [0.1, 0.15) is 16.7 Å². The topological polar surface area (TPSA) is 77.1 Å². The van der Waals surface area contributed by atoms with E-state index in [1.54, 1.807) is 13.2 Å². The SMILES string of the molecule is CCCc1cc(Cl)ccc1C1COc2ccc3cc2N(C1)CC1CCC1C(OCCOC)/C=C/CC(C)CS(=O)NC3=O. The van der Waals surface area contributed by atoms with E-state index in [9.17, 15) is 9.00 Å². The molecule has 7 nitrogen and oxygen atoms in total. The van der Waals surface area contributed by atoms with Gasteiger partial charge in [-0.1, -0.05) is 50.1 Å². The van der Waals surface area contributed by atoms with Crippen molar-refractivity contribution in [1.82, 2.24) is 4.72 Å². The van der Waals surface area contributed by atoms with Crippen LogP contribution in [0.25, 0.3) is 0 Å². The van der Waals surface area contributed by atoms with Gasteiger partial charge in [-0.15, -0.1) is 0 Å². The summed E-state index contributed by atoms with van der Waals surface area (Å²) in [5.74, 6) is 1.93. The maximum atomic E-state index is 13.2. The van der Waals surface area contributed by atoms with Crippen LogP contribution in [0.3, 0.4) is 0 Å². The molecule has 2 bridgehead atoms. The first-order chi connectivity index (χ1) is 20.9. The number of benzene rings is 2. The lowest BCUT2D eigenvalue weighted by Gasteiger charge is -2.44. The van der Waals surface area contributed by atoms with Gasteiger partial charge in [0.05, 0.1) is 31.6 Å². The number of carbonyl (C=O) groups excluding carboxylic acids is 1. The van der Waals surface area contributed by atoms with Crippen LogP contribution < -0.4 is 14.4 Å². The summed E-state index contributed by atoms with van der Waals surface area (Å²) in [4.78, 5) is 15.6. The minimum absolute atomic E-state index is 0.00328. The molecule has 1 N–H and O–H groups in total. The number of halogens is 1. The summed E-state index contributed by atoms with van der Waals surface area (Å²) in [5, 5.41) is 0.752. The van der Waals surface area contributed by atoms with Crippen LogP contribution in [-0.4, -0.2) is 62.0 Å². The van der Waals surface area contributed by atoms with Crippen molar-refractivity contribution in [2.45, 2.75) is 58.0 Å². The van der Waals surface area contributed by atoms with Gasteiger partial charge in [-0.2, -0.15) is 0 Å². The Hall–Kier alpha value is -2.39. The van der Waals surface area contributed by atoms with E-state index >= 15 is 0 Å². The molecule has 2 aromatic rings. The summed E-state index contributed by atoms with van der Waals surface area (Å²) in [6, 6.07) is 11.8. The van der Waals surface area contributed by atoms with Crippen molar-refractivity contribution >= 4 is 34.2 Å². The molecule has 2 aromatic carbocycles. The fourth-order valence-electron chi connectivity index (χ4n) is 6.56. The van der Waals surface area contributed by atoms with Crippen LogP contribution in [0.5, 0.6) is 5.75 Å². The number of amides is 1. The first kappa shape index (κ1) is 32.0. The molecule has 234 valence electrons. The fraction of sp³-hybridized carbons (Fsp3) is 0.559. The standard InChI is InChI=1S/C34H45ClN2O5S/c1-4-6-24-17-28(35)11-13-29(24)27-20-37-19-26-9-12-30(26)32(41-16-15-40-3)8-5-7-23(2)22-43(39)36-34(38)25-10-14-33(42-21-27)31(37)18-25/h5,8,10-11,13-14,17-18,23,26-27,30,32H,4,6-7,9,12,15-16,19-22H2,1-3H3,(H,36,38)/b8-5+. The Kier molecular flexibility index (Phi) is 11.2. The monoisotopic (exact) mass is 628 g/mol. The number of anilines is 1. The first-order valence-electron chi connectivity index (χ1n) is 15.6. The van der Waals surface area contributed by atoms with E-state index in [1.807, 2.05) is 18.2 Å². The number of allylic oxidation sites excluding steroid dienone is 1. The van der Waals surface area contributed by atoms with Crippen molar-refractivity contribution in [3.8, 4) is 5.75 Å². The molecule has 0 saturated heterocycles. The Morgan fingerprint density at radius 3 is 2.77 bits per heavy atom. The van der Waals surface area contributed by atoms with Crippen LogP contribution in [0.2, 0.25) is 5.02 Å². The van der Waals surface area contributed by atoms with Gasteiger partial charge in [-0.05, 0) is 84.9 Å². The summed E-state index contributed by atoms with van der Waals surface area (Å²) >= 11 is 6.42. The zero-order chi connectivity index (χ0) is 30.3. The number of hydrogen-bond acceptors (Lipinski definition) is 6. The highest BCUT2D eigenvalue weighted by atomic mass is 35.5. The summed E-state index contributed by atoms with van der Waals surface area (Å²) in [6.07, 6.45) is 9.34. The van der Waals surface area contributed by atoms with E-state index in [-0.39, 0.29) is 23.8 Å². The Bertz CT molecular complexity index is 1320. The Morgan fingerprint density at radius 2 is 2.00 bits per heavy atom. The lowest BCUT2D eigenvalue weighted by molar-refractivity contribution is -0.0308. The van der Waals surface area contributed by atoms with Crippen molar-refractivity contribution < 1.29 is 23.2 Å². The molecule has 1 fully saturated rings. The number of hydrogen-bond donors (Lipinski definition) is 1. The Labute approximate surface area is 263 Å². The molecule has 1 saturated carbocycles. The van der Waals surface area contributed by atoms with E-state index < -0.39 is 11.0 Å². The predicted octanol–water partition coefficient (Wildman–Crippen LogP) is 6.32. The number of carbonyl (C=O) groups is 1. The fourth-order valence-corrected chi connectivity index (χ4v) is 7.81. The third-order valence-electron chi connectivity index (χ3n) is 8.96. The minimum Gasteiger partial charge on any atom is -0.491 e. The number of methoxy groups -OCH3 is 1. The van der Waals surface area contributed by atoms with Crippen LogP contribution in [0.15, 0.2) is 48.6 Å². The van der Waals surface area contributed by atoms with Gasteiger partial charge in [-0.25, -0.2) is 4.21 Å². The molecule has 0 spiro atoms. The van der Waals surface area contributed by atoms with Crippen LogP contribution in [0.4, 0.5) is 5.69 Å². The van der Waals surface area contributed by atoms with E-state index in [0.717, 1.165) is 61.7 Å². The molecule has 0 aromatic heterocycles. The highest BCUT2D eigenvalue weighted by Crippen LogP contribution is 2.43. The van der Waals surface area contributed by atoms with Crippen LogP contribution in [0.1, 0.15) is 66.9 Å².